The summed E-state index contributed by atoms with van der Waals surface area (Å²) in [7, 11) is 1.66. The van der Waals surface area contributed by atoms with E-state index in [2.05, 4.69) is 22.1 Å². The molecule has 0 atom stereocenters. The van der Waals surface area contributed by atoms with Gasteiger partial charge in [-0.25, -0.2) is 0 Å². The minimum atomic E-state index is 0.677. The highest BCUT2D eigenvalue weighted by molar-refractivity contribution is 7.07. The van der Waals surface area contributed by atoms with E-state index in [1.807, 2.05) is 24.3 Å². The summed E-state index contributed by atoms with van der Waals surface area (Å²) in [5, 5.41) is 7.67. The van der Waals surface area contributed by atoms with Gasteiger partial charge in [-0.1, -0.05) is 0 Å². The van der Waals surface area contributed by atoms with E-state index in [9.17, 15) is 0 Å². The Labute approximate surface area is 118 Å². The third kappa shape index (κ3) is 4.93. The first kappa shape index (κ1) is 13.9. The molecule has 102 valence electrons. The Morgan fingerprint density at radius 3 is 2.53 bits per heavy atom. The number of nitrogens with one attached hydrogen (secondary N) is 1. The van der Waals surface area contributed by atoms with Crippen LogP contribution in [0.1, 0.15) is 5.56 Å². The van der Waals surface area contributed by atoms with Gasteiger partial charge in [0.1, 0.15) is 18.1 Å². The molecule has 0 unspecified atom stereocenters. The Hall–Kier alpha value is -1.52. The summed E-state index contributed by atoms with van der Waals surface area (Å²) in [6.45, 7) is 2.52. The SMILES string of the molecule is COc1ccc(OCCNCCc2ccsc2)cc1. The van der Waals surface area contributed by atoms with Gasteiger partial charge in [-0.2, -0.15) is 11.3 Å². The zero-order valence-electron chi connectivity index (χ0n) is 11.1. The molecule has 0 spiro atoms. The summed E-state index contributed by atoms with van der Waals surface area (Å²) in [6, 6.07) is 9.81. The fourth-order valence-corrected chi connectivity index (χ4v) is 2.41. The third-order valence-electron chi connectivity index (χ3n) is 2.78. The summed E-state index contributed by atoms with van der Waals surface area (Å²) >= 11 is 1.75. The van der Waals surface area contributed by atoms with E-state index in [-0.39, 0.29) is 0 Å². The molecule has 0 aliphatic rings. The quantitative estimate of drug-likeness (QED) is 0.753. The maximum atomic E-state index is 5.63. The van der Waals surface area contributed by atoms with Crippen LogP contribution in [0.3, 0.4) is 0 Å². The Bertz CT molecular complexity index is 454. The third-order valence-corrected chi connectivity index (χ3v) is 3.51. The van der Waals surface area contributed by atoms with Gasteiger partial charge in [-0.05, 0) is 59.6 Å². The largest absolute Gasteiger partial charge is 0.497 e. The van der Waals surface area contributed by atoms with Crippen molar-refractivity contribution in [1.29, 1.82) is 0 Å². The van der Waals surface area contributed by atoms with E-state index >= 15 is 0 Å². The zero-order valence-corrected chi connectivity index (χ0v) is 11.9. The van der Waals surface area contributed by atoms with Crippen molar-refractivity contribution in [2.24, 2.45) is 0 Å². The van der Waals surface area contributed by atoms with Crippen LogP contribution in [0.15, 0.2) is 41.1 Å². The average molecular weight is 277 g/mol. The van der Waals surface area contributed by atoms with Crippen molar-refractivity contribution in [2.45, 2.75) is 6.42 Å². The molecule has 2 aromatic rings. The van der Waals surface area contributed by atoms with Crippen LogP contribution in [-0.2, 0) is 6.42 Å². The van der Waals surface area contributed by atoms with Crippen LogP contribution < -0.4 is 14.8 Å². The number of ether oxygens (including phenoxy) is 2. The molecule has 0 fully saturated rings. The van der Waals surface area contributed by atoms with Gasteiger partial charge < -0.3 is 14.8 Å². The first-order valence-electron chi connectivity index (χ1n) is 6.37. The minimum absolute atomic E-state index is 0.677. The van der Waals surface area contributed by atoms with E-state index in [1.165, 1.54) is 5.56 Å². The van der Waals surface area contributed by atoms with Crippen LogP contribution in [-0.4, -0.2) is 26.8 Å². The second-order valence-electron chi connectivity index (χ2n) is 4.16. The maximum absolute atomic E-state index is 5.63. The second kappa shape index (κ2) is 7.81. The summed E-state index contributed by atoms with van der Waals surface area (Å²) in [4.78, 5) is 0. The Morgan fingerprint density at radius 1 is 1.05 bits per heavy atom. The van der Waals surface area contributed by atoms with Crippen molar-refractivity contribution in [1.82, 2.24) is 5.32 Å². The number of benzene rings is 1. The topological polar surface area (TPSA) is 30.5 Å². The van der Waals surface area contributed by atoms with E-state index < -0.39 is 0 Å². The highest BCUT2D eigenvalue weighted by Crippen LogP contribution is 2.16. The Balaban J connectivity index is 1.56. The Kier molecular flexibility index (Phi) is 5.72. The molecule has 0 bridgehead atoms. The monoisotopic (exact) mass is 277 g/mol. The van der Waals surface area contributed by atoms with Gasteiger partial charge in [0.2, 0.25) is 0 Å². The first-order chi connectivity index (χ1) is 9.38. The molecule has 0 saturated carbocycles. The van der Waals surface area contributed by atoms with Crippen molar-refractivity contribution in [2.75, 3.05) is 26.8 Å². The lowest BCUT2D eigenvalue weighted by Crippen LogP contribution is -2.23. The predicted molar refractivity (Wildman–Crippen MR) is 79.4 cm³/mol. The van der Waals surface area contributed by atoms with Crippen LogP contribution in [0.2, 0.25) is 0 Å². The van der Waals surface area contributed by atoms with Crippen LogP contribution >= 0.6 is 11.3 Å². The van der Waals surface area contributed by atoms with Crippen LogP contribution in [0, 0.1) is 0 Å². The molecule has 0 saturated heterocycles. The standard InChI is InChI=1S/C15H19NO2S/c1-17-14-2-4-15(5-3-14)18-10-9-16-8-6-13-7-11-19-12-13/h2-5,7,11-12,16H,6,8-10H2,1H3. The van der Waals surface area contributed by atoms with Gasteiger partial charge in [-0.15, -0.1) is 0 Å². The van der Waals surface area contributed by atoms with Crippen molar-refractivity contribution in [3.63, 3.8) is 0 Å². The van der Waals surface area contributed by atoms with Gasteiger partial charge >= 0.3 is 0 Å². The summed E-state index contributed by atoms with van der Waals surface area (Å²) in [5.41, 5.74) is 1.40. The number of rotatable bonds is 8. The molecule has 1 heterocycles. The van der Waals surface area contributed by atoms with Crippen molar-refractivity contribution < 1.29 is 9.47 Å². The van der Waals surface area contributed by atoms with E-state index in [1.54, 1.807) is 18.4 Å². The van der Waals surface area contributed by atoms with Crippen molar-refractivity contribution >= 4 is 11.3 Å². The lowest BCUT2D eigenvalue weighted by atomic mass is 10.2. The smallest absolute Gasteiger partial charge is 0.119 e. The van der Waals surface area contributed by atoms with Crippen LogP contribution in [0.5, 0.6) is 11.5 Å². The maximum Gasteiger partial charge on any atom is 0.119 e. The summed E-state index contributed by atoms with van der Waals surface area (Å²) < 4.78 is 10.7. The molecule has 1 aromatic heterocycles. The lowest BCUT2D eigenvalue weighted by Gasteiger charge is -2.08. The van der Waals surface area contributed by atoms with E-state index in [0.717, 1.165) is 31.0 Å². The van der Waals surface area contributed by atoms with Gasteiger partial charge in [-0.3, -0.25) is 0 Å². The van der Waals surface area contributed by atoms with Gasteiger partial charge in [0.15, 0.2) is 0 Å². The Morgan fingerprint density at radius 2 is 1.84 bits per heavy atom. The highest BCUT2D eigenvalue weighted by Gasteiger charge is 1.96. The van der Waals surface area contributed by atoms with Gasteiger partial charge in [0.25, 0.3) is 0 Å². The molecule has 1 N–H and O–H groups in total. The summed E-state index contributed by atoms with van der Waals surface area (Å²) in [6.07, 6.45) is 1.08. The molecule has 0 aliphatic carbocycles. The van der Waals surface area contributed by atoms with Crippen LogP contribution in [0.25, 0.3) is 0 Å². The van der Waals surface area contributed by atoms with Gasteiger partial charge in [0.05, 0.1) is 7.11 Å². The molecule has 3 nitrogen and oxygen atoms in total. The molecule has 4 heteroatoms. The number of thiophene rings is 1. The van der Waals surface area contributed by atoms with Gasteiger partial charge in [0, 0.05) is 6.54 Å². The molecule has 1 aromatic carbocycles. The number of methoxy groups -OCH3 is 1. The molecule has 0 radical (unpaired) electrons. The molecule has 19 heavy (non-hydrogen) atoms. The van der Waals surface area contributed by atoms with Crippen LogP contribution in [0.4, 0.5) is 0 Å². The second-order valence-corrected chi connectivity index (χ2v) is 4.94. The number of hydrogen-bond donors (Lipinski definition) is 1. The minimum Gasteiger partial charge on any atom is -0.497 e. The fraction of sp³-hybridized carbons (Fsp3) is 0.333. The lowest BCUT2D eigenvalue weighted by molar-refractivity contribution is 0.313. The van der Waals surface area contributed by atoms with E-state index in [0.29, 0.717) is 6.61 Å². The highest BCUT2D eigenvalue weighted by atomic mass is 32.1. The molecular formula is C15H19NO2S. The van der Waals surface area contributed by atoms with Crippen molar-refractivity contribution in [3.8, 4) is 11.5 Å². The molecule has 0 amide bonds. The molecule has 2 rings (SSSR count). The normalized spacial score (nSPS) is 10.4. The molecule has 0 aliphatic heterocycles. The van der Waals surface area contributed by atoms with E-state index in [4.69, 9.17) is 9.47 Å². The molecular weight excluding hydrogens is 258 g/mol. The first-order valence-corrected chi connectivity index (χ1v) is 7.31. The fourth-order valence-electron chi connectivity index (χ4n) is 1.71. The predicted octanol–water partition coefficient (Wildman–Crippen LogP) is 2.97. The average Bonchev–Trinajstić information content (AvgIpc) is 2.96. The zero-order chi connectivity index (χ0) is 13.3. The van der Waals surface area contributed by atoms with Crippen molar-refractivity contribution in [3.05, 3.63) is 46.7 Å². The number of hydrogen-bond acceptors (Lipinski definition) is 4. The summed E-state index contributed by atoms with van der Waals surface area (Å²) in [5.74, 6) is 1.72.